The van der Waals surface area contributed by atoms with Gasteiger partial charge in [0.2, 0.25) is 0 Å². The van der Waals surface area contributed by atoms with Crippen LogP contribution in [0.5, 0.6) is 0 Å². The molecule has 0 fully saturated rings. The molecule has 1 atom stereocenters. The molecule has 0 saturated heterocycles. The Hall–Kier alpha value is -2.09. The van der Waals surface area contributed by atoms with E-state index in [1.165, 1.54) is 24.7 Å². The first-order valence-electron chi connectivity index (χ1n) is 7.77. The van der Waals surface area contributed by atoms with Gasteiger partial charge in [-0.1, -0.05) is 23.2 Å². The van der Waals surface area contributed by atoms with E-state index in [0.29, 0.717) is 27.3 Å². The van der Waals surface area contributed by atoms with Crippen LogP contribution in [-0.2, 0) is 5.60 Å². The summed E-state index contributed by atoms with van der Waals surface area (Å²) < 4.78 is 14.5. The van der Waals surface area contributed by atoms with Crippen LogP contribution in [0.1, 0.15) is 26.6 Å². The Morgan fingerprint density at radius 3 is 2.42 bits per heavy atom. The van der Waals surface area contributed by atoms with E-state index in [4.69, 9.17) is 23.2 Å². The van der Waals surface area contributed by atoms with Crippen molar-refractivity contribution in [1.29, 1.82) is 0 Å². The molecule has 0 radical (unpaired) electrons. The molecular weight excluding hydrogens is 380 g/mol. The van der Waals surface area contributed by atoms with Crippen LogP contribution in [0, 0.1) is 5.82 Å². The van der Waals surface area contributed by atoms with Crippen molar-refractivity contribution in [2.75, 3.05) is 5.32 Å². The molecular formula is C17H16Cl2FN5O. The van der Waals surface area contributed by atoms with Crippen LogP contribution in [0.3, 0.4) is 0 Å². The van der Waals surface area contributed by atoms with Crippen LogP contribution in [0.15, 0.2) is 24.7 Å². The highest BCUT2D eigenvalue weighted by Gasteiger charge is 2.21. The first-order valence-corrected chi connectivity index (χ1v) is 8.59. The summed E-state index contributed by atoms with van der Waals surface area (Å²) >= 11 is 12.2. The third kappa shape index (κ3) is 3.70. The largest absolute Gasteiger partial charge is 0.382 e. The third-order valence-electron chi connectivity index (χ3n) is 3.56. The molecule has 1 unspecified atom stereocenters. The molecule has 0 aliphatic heterocycles. The Morgan fingerprint density at radius 1 is 1.19 bits per heavy atom. The van der Waals surface area contributed by atoms with Gasteiger partial charge in [0.25, 0.3) is 0 Å². The Labute approximate surface area is 159 Å². The number of nitrogens with zero attached hydrogens (tertiary/aromatic N) is 4. The van der Waals surface area contributed by atoms with Gasteiger partial charge in [0.15, 0.2) is 11.6 Å². The molecule has 9 heteroatoms. The fourth-order valence-electron chi connectivity index (χ4n) is 2.37. The number of rotatable bonds is 4. The second-order valence-corrected chi connectivity index (χ2v) is 7.34. The van der Waals surface area contributed by atoms with E-state index in [2.05, 4.69) is 25.3 Å². The van der Waals surface area contributed by atoms with Gasteiger partial charge in [0.1, 0.15) is 16.8 Å². The van der Waals surface area contributed by atoms with Crippen molar-refractivity contribution in [2.45, 2.75) is 31.9 Å². The minimum absolute atomic E-state index is 0.0501. The van der Waals surface area contributed by atoms with Crippen molar-refractivity contribution < 1.29 is 9.50 Å². The van der Waals surface area contributed by atoms with E-state index in [9.17, 15) is 9.50 Å². The number of hydrogen-bond donors (Lipinski definition) is 2. The van der Waals surface area contributed by atoms with Crippen molar-refractivity contribution >= 4 is 39.9 Å². The second-order valence-electron chi connectivity index (χ2n) is 6.28. The average molecular weight is 396 g/mol. The smallest absolute Gasteiger partial charge is 0.159 e. The molecule has 136 valence electrons. The molecule has 3 heterocycles. The number of nitrogens with one attached hydrogen (secondary N) is 1. The fourth-order valence-corrected chi connectivity index (χ4v) is 2.67. The van der Waals surface area contributed by atoms with Gasteiger partial charge in [-0.15, -0.1) is 0 Å². The van der Waals surface area contributed by atoms with Crippen molar-refractivity contribution in [1.82, 2.24) is 19.9 Å². The van der Waals surface area contributed by atoms with Gasteiger partial charge in [-0.05, 0) is 20.8 Å². The average Bonchev–Trinajstić information content (AvgIpc) is 2.56. The molecule has 3 aromatic rings. The summed E-state index contributed by atoms with van der Waals surface area (Å²) in [6.07, 6.45) is 4.23. The van der Waals surface area contributed by atoms with Gasteiger partial charge in [-0.25, -0.2) is 19.3 Å². The van der Waals surface area contributed by atoms with Crippen molar-refractivity contribution in [3.05, 3.63) is 41.3 Å². The predicted molar refractivity (Wildman–Crippen MR) is 99.7 cm³/mol. The molecule has 0 spiro atoms. The quantitative estimate of drug-likeness (QED) is 0.510. The Bertz CT molecular complexity index is 958. The van der Waals surface area contributed by atoms with Crippen LogP contribution < -0.4 is 5.32 Å². The fraction of sp³-hybridized carbons (Fsp3) is 0.294. The van der Waals surface area contributed by atoms with Crippen LogP contribution in [0.25, 0.3) is 22.3 Å². The Morgan fingerprint density at radius 2 is 1.85 bits per heavy atom. The summed E-state index contributed by atoms with van der Waals surface area (Å²) in [5.41, 5.74) is -0.00932. The number of aromatic nitrogens is 4. The normalized spacial score (nSPS) is 13.0. The zero-order valence-electron chi connectivity index (χ0n) is 14.3. The molecule has 0 saturated carbocycles. The summed E-state index contributed by atoms with van der Waals surface area (Å²) in [5.74, 6) is -0.345. The number of anilines is 1. The van der Waals surface area contributed by atoms with Crippen molar-refractivity contribution in [2.24, 2.45) is 0 Å². The van der Waals surface area contributed by atoms with E-state index in [-0.39, 0.29) is 11.5 Å². The van der Waals surface area contributed by atoms with Gasteiger partial charge < -0.3 is 10.4 Å². The molecule has 0 bridgehead atoms. The summed E-state index contributed by atoms with van der Waals surface area (Å²) in [6.45, 7) is 4.86. The van der Waals surface area contributed by atoms with Crippen molar-refractivity contribution in [3.8, 4) is 11.3 Å². The summed E-state index contributed by atoms with van der Waals surface area (Å²) in [5, 5.41) is 13.2. The van der Waals surface area contributed by atoms with Gasteiger partial charge in [-0.2, -0.15) is 0 Å². The topological polar surface area (TPSA) is 83.8 Å². The van der Waals surface area contributed by atoms with E-state index in [1.807, 2.05) is 0 Å². The lowest BCUT2D eigenvalue weighted by molar-refractivity contribution is 0.0687. The summed E-state index contributed by atoms with van der Waals surface area (Å²) in [7, 11) is 0. The first kappa shape index (κ1) is 18.7. The predicted octanol–water partition coefficient (Wildman–Crippen LogP) is 4.10. The molecule has 0 aromatic carbocycles. The number of hydrogen-bond acceptors (Lipinski definition) is 6. The minimum Gasteiger partial charge on any atom is -0.382 e. The van der Waals surface area contributed by atoms with Gasteiger partial charge in [-0.3, -0.25) is 4.98 Å². The van der Waals surface area contributed by atoms with E-state index >= 15 is 0 Å². The molecule has 2 N–H and O–H groups in total. The standard InChI is InChI=1S/C17H16Cl2FN5O/c1-8(18)24-14-10(19)7-21-12-4-11(20)13(25-15(12)14)9-5-22-16(23-6-9)17(2,3)26/h4-8,26H,1-3H3,(H,21,24). The maximum atomic E-state index is 14.5. The van der Waals surface area contributed by atoms with E-state index < -0.39 is 16.9 Å². The van der Waals surface area contributed by atoms with Gasteiger partial charge >= 0.3 is 0 Å². The summed E-state index contributed by atoms with van der Waals surface area (Å²) in [6, 6.07) is 1.27. The van der Waals surface area contributed by atoms with Crippen LogP contribution in [-0.4, -0.2) is 30.5 Å². The monoisotopic (exact) mass is 395 g/mol. The molecule has 3 rings (SSSR count). The lowest BCUT2D eigenvalue weighted by atomic mass is 10.1. The second kappa shape index (κ2) is 6.90. The number of pyridine rings is 2. The molecule has 3 aromatic heterocycles. The Balaban J connectivity index is 2.16. The number of aliphatic hydroxyl groups is 1. The Kier molecular flexibility index (Phi) is 4.96. The lowest BCUT2D eigenvalue weighted by Crippen LogP contribution is -2.19. The zero-order chi connectivity index (χ0) is 19.1. The molecule has 0 aliphatic carbocycles. The highest BCUT2D eigenvalue weighted by molar-refractivity contribution is 6.34. The zero-order valence-corrected chi connectivity index (χ0v) is 15.8. The number of fused-ring (bicyclic) bond motifs is 1. The maximum Gasteiger partial charge on any atom is 0.159 e. The number of halogens is 3. The maximum absolute atomic E-state index is 14.5. The van der Waals surface area contributed by atoms with E-state index in [1.54, 1.807) is 20.8 Å². The third-order valence-corrected chi connectivity index (χ3v) is 3.96. The van der Waals surface area contributed by atoms with Gasteiger partial charge in [0, 0.05) is 30.2 Å². The van der Waals surface area contributed by atoms with Crippen LogP contribution in [0.2, 0.25) is 5.02 Å². The first-order chi connectivity index (χ1) is 12.2. The highest BCUT2D eigenvalue weighted by Crippen LogP contribution is 2.32. The summed E-state index contributed by atoms with van der Waals surface area (Å²) in [4.78, 5) is 16.7. The molecule has 6 nitrogen and oxygen atoms in total. The molecule has 0 aliphatic rings. The molecule has 0 amide bonds. The van der Waals surface area contributed by atoms with Crippen LogP contribution >= 0.6 is 23.2 Å². The molecule has 26 heavy (non-hydrogen) atoms. The van der Waals surface area contributed by atoms with Crippen molar-refractivity contribution in [3.63, 3.8) is 0 Å². The highest BCUT2D eigenvalue weighted by atomic mass is 35.5. The van der Waals surface area contributed by atoms with Gasteiger partial charge in [0.05, 0.1) is 21.7 Å². The van der Waals surface area contributed by atoms with Crippen LogP contribution in [0.4, 0.5) is 10.1 Å². The van der Waals surface area contributed by atoms with E-state index in [0.717, 1.165) is 0 Å². The number of alkyl halides is 1. The SMILES string of the molecule is CC(Cl)Nc1c(Cl)cnc2cc(F)c(-c3cnc(C(C)(C)O)nc3)nc12. The lowest BCUT2D eigenvalue weighted by Gasteiger charge is -2.15. The minimum atomic E-state index is -1.20.